The zero-order chi connectivity index (χ0) is 4.24. The molecular weight excluding hydrogens is 98.1 g/mol. The van der Waals surface area contributed by atoms with E-state index in [0.717, 1.165) is 12.2 Å². The zero-order valence-corrected chi connectivity index (χ0v) is 3.73. The van der Waals surface area contributed by atoms with E-state index in [1.165, 1.54) is 6.26 Å². The predicted octanol–water partition coefficient (Wildman–Crippen LogP) is 1.04. The maximum absolute atomic E-state index is 4.58. The first-order chi connectivity index (χ1) is 3.00. The Balaban J connectivity index is 2.46. The van der Waals surface area contributed by atoms with E-state index >= 15 is 0 Å². The van der Waals surface area contributed by atoms with E-state index in [0.29, 0.717) is 0 Å². The Bertz CT molecular complexity index is 76.8. The summed E-state index contributed by atoms with van der Waals surface area (Å²) >= 11 is 1.02. The van der Waals surface area contributed by atoms with Gasteiger partial charge in [-0.3, -0.25) is 0 Å². The third-order valence-corrected chi connectivity index (χ3v) is 0.708. The molecule has 0 aliphatic carbocycles. The summed E-state index contributed by atoms with van der Waals surface area (Å²) in [4.78, 5) is 0. The van der Waals surface area contributed by atoms with Gasteiger partial charge in [0.2, 0.25) is 12.2 Å². The topological polar surface area (TPSA) is 21.6 Å². The van der Waals surface area contributed by atoms with Crippen molar-refractivity contribution >= 4 is 18.4 Å². The normalized spacial score (nSPS) is 17.3. The largest absolute Gasteiger partial charge is 0.412 e. The number of allylic oxidation sites excluding steroid dienone is 1. The molecule has 1 heterocycles. The molecule has 3 heteroatoms. The van der Waals surface area contributed by atoms with Crippen LogP contribution in [0.5, 0.6) is 0 Å². The molecule has 0 amide bonds. The molecule has 0 saturated heterocycles. The molecule has 0 aromatic rings. The average molecular weight is 100 g/mol. The molecule has 1 aliphatic rings. The summed E-state index contributed by atoms with van der Waals surface area (Å²) < 4.78 is 8.11. The maximum atomic E-state index is 4.58. The first-order valence-corrected chi connectivity index (χ1v) is 2.13. The number of hydrogen-bond donors (Lipinski definition) is 0. The highest BCUT2D eigenvalue weighted by Gasteiger charge is 1.80. The zero-order valence-electron chi connectivity index (χ0n) is 2.92. The number of hydrogen-bond acceptors (Lipinski definition) is 3. The van der Waals surface area contributed by atoms with Crippen molar-refractivity contribution in [1.29, 1.82) is 0 Å². The molecular formula is C3H2NOS. The van der Waals surface area contributed by atoms with Crippen LogP contribution in [0.15, 0.2) is 16.7 Å². The summed E-state index contributed by atoms with van der Waals surface area (Å²) in [5.41, 5.74) is 0. The van der Waals surface area contributed by atoms with E-state index in [1.807, 2.05) is 0 Å². The van der Waals surface area contributed by atoms with Gasteiger partial charge >= 0.3 is 0 Å². The van der Waals surface area contributed by atoms with Gasteiger partial charge in [0, 0.05) is 6.08 Å². The molecule has 0 atom stereocenters. The van der Waals surface area contributed by atoms with Crippen LogP contribution >= 0.6 is 12.2 Å². The molecule has 31 valence electrons. The Morgan fingerprint density at radius 3 is 3.00 bits per heavy atom. The van der Waals surface area contributed by atoms with Crippen LogP contribution in [0, 0.1) is 0 Å². The maximum Gasteiger partial charge on any atom is 0.201 e. The molecule has 0 aromatic heterocycles. The predicted molar refractivity (Wildman–Crippen MR) is 25.3 cm³/mol. The third-order valence-electron chi connectivity index (χ3n) is 0.331. The molecule has 1 aliphatic heterocycles. The van der Waals surface area contributed by atoms with Gasteiger partial charge in [0.25, 0.3) is 0 Å². The Morgan fingerprint density at radius 2 is 2.83 bits per heavy atom. The average Bonchev–Trinajstić information content (AvgIpc) is 1.72. The van der Waals surface area contributed by atoms with Gasteiger partial charge in [-0.05, 0) is 0 Å². The lowest BCUT2D eigenvalue weighted by molar-refractivity contribution is 0.566. The monoisotopic (exact) mass is 100.0 g/mol. The highest BCUT2D eigenvalue weighted by atomic mass is 32.2. The lowest BCUT2D eigenvalue weighted by Gasteiger charge is -1.89. The molecule has 0 N–H and O–H groups in total. The molecule has 0 saturated carbocycles. The summed E-state index contributed by atoms with van der Waals surface area (Å²) in [7, 11) is 0. The van der Waals surface area contributed by atoms with Gasteiger partial charge in [0.05, 0.1) is 0 Å². The van der Waals surface area contributed by atoms with Gasteiger partial charge in [-0.1, -0.05) is 0 Å². The van der Waals surface area contributed by atoms with E-state index in [1.54, 1.807) is 6.08 Å². The Morgan fingerprint density at radius 1 is 1.83 bits per heavy atom. The van der Waals surface area contributed by atoms with Crippen molar-refractivity contribution in [1.82, 2.24) is 0 Å². The number of nitrogens with zero attached hydrogens (tertiary/aromatic N) is 1. The fraction of sp³-hybridized carbons (Fsp3) is 0. The minimum atomic E-state index is 1.02. The second-order valence-electron chi connectivity index (χ2n) is 0.694. The quantitative estimate of drug-likeness (QED) is 0.335. The van der Waals surface area contributed by atoms with E-state index < -0.39 is 0 Å². The smallest absolute Gasteiger partial charge is 0.201 e. The second-order valence-corrected chi connectivity index (χ2v) is 1.22. The van der Waals surface area contributed by atoms with Crippen LogP contribution in [0.2, 0.25) is 0 Å². The minimum Gasteiger partial charge on any atom is -0.412 e. The number of rotatable bonds is 0. The fourth-order valence-electron chi connectivity index (χ4n) is 0.157. The van der Waals surface area contributed by atoms with Crippen molar-refractivity contribution in [3.63, 3.8) is 0 Å². The van der Waals surface area contributed by atoms with Crippen molar-refractivity contribution < 1.29 is 4.18 Å². The summed E-state index contributed by atoms with van der Waals surface area (Å²) in [6.45, 7) is 0. The first kappa shape index (κ1) is 3.74. The second kappa shape index (κ2) is 1.87. The molecule has 6 heavy (non-hydrogen) atoms. The Hall–Kier alpha value is -0.440. The van der Waals surface area contributed by atoms with Crippen molar-refractivity contribution in [3.05, 3.63) is 12.3 Å². The van der Waals surface area contributed by atoms with Crippen LogP contribution in [-0.4, -0.2) is 6.21 Å². The Kier molecular flexibility index (Phi) is 1.17. The van der Waals surface area contributed by atoms with Gasteiger partial charge in [-0.25, -0.2) is 0 Å². The van der Waals surface area contributed by atoms with Crippen molar-refractivity contribution in [2.45, 2.75) is 0 Å². The van der Waals surface area contributed by atoms with Crippen LogP contribution in [0.3, 0.4) is 0 Å². The van der Waals surface area contributed by atoms with Crippen molar-refractivity contribution in [3.8, 4) is 0 Å². The van der Waals surface area contributed by atoms with Gasteiger partial charge in [-0.2, -0.15) is 4.40 Å². The molecule has 2 nitrogen and oxygen atoms in total. The minimum absolute atomic E-state index is 1.02. The standard InChI is InChI=1S/C3H2NOS/c1-2-4-6-5-3-1/h1,3H. The molecule has 0 bridgehead atoms. The highest BCUT2D eigenvalue weighted by Crippen LogP contribution is 2.05. The molecule has 1 rings (SSSR count). The third kappa shape index (κ3) is 0.755. The van der Waals surface area contributed by atoms with Gasteiger partial charge in [-0.15, -0.1) is 0 Å². The SMILES string of the molecule is [C]1=NSOC=C1. The highest BCUT2D eigenvalue weighted by molar-refractivity contribution is 7.93. The summed E-state index contributed by atoms with van der Waals surface area (Å²) in [5, 5.41) is 0. The van der Waals surface area contributed by atoms with Crippen LogP contribution in [0.25, 0.3) is 0 Å². The fourth-order valence-corrected chi connectivity index (χ4v) is 0.409. The molecule has 1 radical (unpaired) electrons. The van der Waals surface area contributed by atoms with E-state index in [4.69, 9.17) is 0 Å². The lowest BCUT2D eigenvalue weighted by atomic mass is 10.7. The molecule has 0 spiro atoms. The van der Waals surface area contributed by atoms with E-state index in [-0.39, 0.29) is 0 Å². The van der Waals surface area contributed by atoms with Crippen molar-refractivity contribution in [2.24, 2.45) is 4.40 Å². The summed E-state index contributed by atoms with van der Waals surface area (Å²) in [6, 6.07) is 0. The van der Waals surface area contributed by atoms with Crippen LogP contribution in [0.1, 0.15) is 0 Å². The van der Waals surface area contributed by atoms with Crippen LogP contribution in [-0.2, 0) is 4.18 Å². The van der Waals surface area contributed by atoms with Crippen LogP contribution < -0.4 is 0 Å². The summed E-state index contributed by atoms with van der Waals surface area (Å²) in [5.74, 6) is 0. The van der Waals surface area contributed by atoms with Crippen molar-refractivity contribution in [2.75, 3.05) is 0 Å². The van der Waals surface area contributed by atoms with Gasteiger partial charge < -0.3 is 4.18 Å². The lowest BCUT2D eigenvalue weighted by Crippen LogP contribution is -1.70. The van der Waals surface area contributed by atoms with Crippen LogP contribution in [0.4, 0.5) is 0 Å². The Labute approximate surface area is 40.3 Å². The van der Waals surface area contributed by atoms with Gasteiger partial charge in [0.15, 0.2) is 0 Å². The van der Waals surface area contributed by atoms with E-state index in [2.05, 4.69) is 14.8 Å². The summed E-state index contributed by atoms with van der Waals surface area (Å²) in [6.07, 6.45) is 5.70. The molecule has 0 aromatic carbocycles. The molecule has 0 unspecified atom stereocenters. The van der Waals surface area contributed by atoms with E-state index in [9.17, 15) is 0 Å². The van der Waals surface area contributed by atoms with Gasteiger partial charge in [0.1, 0.15) is 12.5 Å². The first-order valence-electron chi connectivity index (χ1n) is 1.43. The molecule has 0 fully saturated rings.